The molecule has 1 atom stereocenters. The Balaban J connectivity index is 2.46. The van der Waals surface area contributed by atoms with E-state index < -0.39 is 0 Å². The molecule has 1 nitrogen and oxygen atoms in total. The van der Waals surface area contributed by atoms with Gasteiger partial charge < -0.3 is 5.73 Å². The summed E-state index contributed by atoms with van der Waals surface area (Å²) in [5, 5.41) is 0.763. The summed E-state index contributed by atoms with van der Waals surface area (Å²) in [6.45, 7) is 6.14. The van der Waals surface area contributed by atoms with Crippen LogP contribution in [0.25, 0.3) is 0 Å². The number of hydrogen-bond acceptors (Lipinski definition) is 1. The van der Waals surface area contributed by atoms with Crippen LogP contribution in [-0.4, -0.2) is 0 Å². The van der Waals surface area contributed by atoms with Crippen LogP contribution < -0.4 is 5.73 Å². The second kappa shape index (κ2) is 5.66. The van der Waals surface area contributed by atoms with Gasteiger partial charge in [-0.25, -0.2) is 0 Å². The number of halogens is 2. The highest BCUT2D eigenvalue weighted by atomic mass is 79.9. The third-order valence-electron chi connectivity index (χ3n) is 3.44. The molecule has 19 heavy (non-hydrogen) atoms. The molecule has 1 unspecified atom stereocenters. The summed E-state index contributed by atoms with van der Waals surface area (Å²) in [7, 11) is 0. The van der Waals surface area contributed by atoms with Gasteiger partial charge in [-0.15, -0.1) is 0 Å². The summed E-state index contributed by atoms with van der Waals surface area (Å²) in [6, 6.07) is 10.1. The van der Waals surface area contributed by atoms with Crippen molar-refractivity contribution in [3.05, 3.63) is 67.6 Å². The average Bonchev–Trinajstić information content (AvgIpc) is 2.36. The molecule has 100 valence electrons. The Labute approximate surface area is 127 Å². The first-order valence-electron chi connectivity index (χ1n) is 6.18. The summed E-state index contributed by atoms with van der Waals surface area (Å²) in [5.41, 5.74) is 12.0. The molecule has 0 aliphatic rings. The van der Waals surface area contributed by atoms with E-state index >= 15 is 0 Å². The second-order valence-electron chi connectivity index (χ2n) is 4.94. The van der Waals surface area contributed by atoms with E-state index in [-0.39, 0.29) is 6.04 Å². The molecule has 0 amide bonds. The number of benzene rings is 2. The monoisotopic (exact) mass is 337 g/mol. The van der Waals surface area contributed by atoms with Crippen molar-refractivity contribution < 1.29 is 0 Å². The molecule has 0 bridgehead atoms. The van der Waals surface area contributed by atoms with Crippen molar-refractivity contribution >= 4 is 27.5 Å². The van der Waals surface area contributed by atoms with Crippen molar-refractivity contribution in [1.29, 1.82) is 0 Å². The lowest BCUT2D eigenvalue weighted by atomic mass is 9.94. The molecule has 0 saturated heterocycles. The van der Waals surface area contributed by atoms with Gasteiger partial charge in [-0.05, 0) is 60.7 Å². The maximum atomic E-state index is 6.38. The topological polar surface area (TPSA) is 26.0 Å². The zero-order valence-corrected chi connectivity index (χ0v) is 13.6. The first-order valence-corrected chi connectivity index (χ1v) is 7.35. The lowest BCUT2D eigenvalue weighted by Crippen LogP contribution is -2.13. The van der Waals surface area contributed by atoms with Crippen molar-refractivity contribution in [2.24, 2.45) is 5.73 Å². The SMILES string of the molecule is Cc1ccc(C(N)c2cc(C)c(Br)cc2C)cc1Cl. The Bertz CT molecular complexity index is 622. The van der Waals surface area contributed by atoms with Gasteiger partial charge in [0.05, 0.1) is 6.04 Å². The van der Waals surface area contributed by atoms with Gasteiger partial charge in [0.25, 0.3) is 0 Å². The van der Waals surface area contributed by atoms with Crippen LogP contribution in [0.2, 0.25) is 5.02 Å². The largest absolute Gasteiger partial charge is 0.320 e. The first-order chi connectivity index (χ1) is 8.90. The highest BCUT2D eigenvalue weighted by Gasteiger charge is 2.14. The average molecular weight is 339 g/mol. The molecule has 0 spiro atoms. The molecule has 0 radical (unpaired) electrons. The lowest BCUT2D eigenvalue weighted by molar-refractivity contribution is 0.858. The summed E-state index contributed by atoms with van der Waals surface area (Å²) < 4.78 is 1.11. The quantitative estimate of drug-likeness (QED) is 0.812. The van der Waals surface area contributed by atoms with E-state index in [0.29, 0.717) is 0 Å². The van der Waals surface area contributed by atoms with Crippen LogP contribution in [0, 0.1) is 20.8 Å². The Morgan fingerprint density at radius 2 is 1.68 bits per heavy atom. The van der Waals surface area contributed by atoms with Gasteiger partial charge in [-0.1, -0.05) is 45.7 Å². The molecule has 0 heterocycles. The van der Waals surface area contributed by atoms with E-state index in [4.69, 9.17) is 17.3 Å². The van der Waals surface area contributed by atoms with Gasteiger partial charge in [-0.3, -0.25) is 0 Å². The first kappa shape index (κ1) is 14.6. The highest BCUT2D eigenvalue weighted by Crippen LogP contribution is 2.29. The van der Waals surface area contributed by atoms with Crippen molar-refractivity contribution in [2.45, 2.75) is 26.8 Å². The van der Waals surface area contributed by atoms with Crippen LogP contribution in [-0.2, 0) is 0 Å². The summed E-state index contributed by atoms with van der Waals surface area (Å²) in [4.78, 5) is 0. The van der Waals surface area contributed by atoms with E-state index in [1.807, 2.05) is 25.1 Å². The van der Waals surface area contributed by atoms with Crippen LogP contribution in [0.3, 0.4) is 0 Å². The molecule has 2 N–H and O–H groups in total. The minimum Gasteiger partial charge on any atom is -0.320 e. The predicted octanol–water partition coefficient (Wildman–Crippen LogP) is 5.08. The molecule has 3 heteroatoms. The molecule has 0 aliphatic carbocycles. The van der Waals surface area contributed by atoms with Crippen molar-refractivity contribution in [3.63, 3.8) is 0 Å². The Kier molecular flexibility index (Phi) is 4.34. The Morgan fingerprint density at radius 1 is 1.00 bits per heavy atom. The number of hydrogen-bond donors (Lipinski definition) is 1. The molecule has 0 saturated carbocycles. The Hall–Kier alpha value is -0.830. The molecular weight excluding hydrogens is 322 g/mol. The van der Waals surface area contributed by atoms with Crippen LogP contribution >= 0.6 is 27.5 Å². The number of rotatable bonds is 2. The van der Waals surface area contributed by atoms with Crippen molar-refractivity contribution in [3.8, 4) is 0 Å². The molecule has 0 aliphatic heterocycles. The van der Waals surface area contributed by atoms with E-state index in [2.05, 4.69) is 41.9 Å². The standard InChI is InChI=1S/C16H17BrClN/c1-9-4-5-12(8-15(9)18)16(19)13-6-11(3)14(17)7-10(13)2/h4-8,16H,19H2,1-3H3. The van der Waals surface area contributed by atoms with Gasteiger partial charge in [0.1, 0.15) is 0 Å². The molecule has 0 aromatic heterocycles. The third-order valence-corrected chi connectivity index (χ3v) is 4.70. The van der Waals surface area contributed by atoms with Crippen LogP contribution in [0.15, 0.2) is 34.8 Å². The summed E-state index contributed by atoms with van der Waals surface area (Å²) >= 11 is 9.72. The maximum Gasteiger partial charge on any atom is 0.0554 e. The zero-order valence-electron chi connectivity index (χ0n) is 11.3. The van der Waals surface area contributed by atoms with Gasteiger partial charge in [0.15, 0.2) is 0 Å². The number of aryl methyl sites for hydroxylation is 3. The van der Waals surface area contributed by atoms with E-state index in [1.54, 1.807) is 0 Å². The smallest absolute Gasteiger partial charge is 0.0554 e. The second-order valence-corrected chi connectivity index (χ2v) is 6.21. The van der Waals surface area contributed by atoms with Gasteiger partial charge in [0, 0.05) is 9.50 Å². The van der Waals surface area contributed by atoms with Gasteiger partial charge in [0.2, 0.25) is 0 Å². The molecular formula is C16H17BrClN. The fourth-order valence-corrected chi connectivity index (χ4v) is 2.77. The van der Waals surface area contributed by atoms with E-state index in [1.165, 1.54) is 11.1 Å². The molecule has 2 aromatic rings. The zero-order chi connectivity index (χ0) is 14.2. The minimum atomic E-state index is -0.148. The Morgan fingerprint density at radius 3 is 2.32 bits per heavy atom. The van der Waals surface area contributed by atoms with Crippen molar-refractivity contribution in [1.82, 2.24) is 0 Å². The molecule has 2 rings (SSSR count). The predicted molar refractivity (Wildman–Crippen MR) is 85.8 cm³/mol. The maximum absolute atomic E-state index is 6.38. The summed E-state index contributed by atoms with van der Waals surface area (Å²) in [5.74, 6) is 0. The lowest BCUT2D eigenvalue weighted by Gasteiger charge is -2.17. The molecule has 2 aromatic carbocycles. The fourth-order valence-electron chi connectivity index (χ4n) is 2.12. The van der Waals surface area contributed by atoms with Crippen LogP contribution in [0.5, 0.6) is 0 Å². The fraction of sp³-hybridized carbons (Fsp3) is 0.250. The number of nitrogens with two attached hydrogens (primary N) is 1. The normalized spacial score (nSPS) is 12.5. The van der Waals surface area contributed by atoms with Crippen LogP contribution in [0.4, 0.5) is 0 Å². The summed E-state index contributed by atoms with van der Waals surface area (Å²) in [6.07, 6.45) is 0. The van der Waals surface area contributed by atoms with E-state index in [0.717, 1.165) is 26.2 Å². The van der Waals surface area contributed by atoms with Crippen LogP contribution in [0.1, 0.15) is 33.9 Å². The van der Waals surface area contributed by atoms with E-state index in [9.17, 15) is 0 Å². The highest BCUT2D eigenvalue weighted by molar-refractivity contribution is 9.10. The van der Waals surface area contributed by atoms with Crippen molar-refractivity contribution in [2.75, 3.05) is 0 Å². The molecule has 0 fully saturated rings. The third kappa shape index (κ3) is 3.02. The minimum absolute atomic E-state index is 0.148. The van der Waals surface area contributed by atoms with Gasteiger partial charge in [-0.2, -0.15) is 0 Å². The van der Waals surface area contributed by atoms with Gasteiger partial charge >= 0.3 is 0 Å².